The lowest BCUT2D eigenvalue weighted by molar-refractivity contribution is -0.147. The molecule has 2 heterocycles. The van der Waals surface area contributed by atoms with E-state index in [1.54, 1.807) is 0 Å². The van der Waals surface area contributed by atoms with Crippen molar-refractivity contribution in [3.8, 4) is 0 Å². The fourth-order valence-electron chi connectivity index (χ4n) is 7.13. The lowest BCUT2D eigenvalue weighted by Gasteiger charge is -2.45. The summed E-state index contributed by atoms with van der Waals surface area (Å²) in [6.07, 6.45) is 4.55. The first-order chi connectivity index (χ1) is 19.3. The Labute approximate surface area is 252 Å². The van der Waals surface area contributed by atoms with Crippen molar-refractivity contribution in [3.63, 3.8) is 0 Å². The molecule has 4 rings (SSSR count). The molecule has 3 fully saturated rings. The zero-order chi connectivity index (χ0) is 30.1. The molecule has 1 saturated carbocycles. The van der Waals surface area contributed by atoms with E-state index in [4.69, 9.17) is 11.6 Å². The molecule has 41 heavy (non-hydrogen) atoms. The summed E-state index contributed by atoms with van der Waals surface area (Å²) >= 11 is 6.15. The van der Waals surface area contributed by atoms with Gasteiger partial charge in [0.15, 0.2) is 0 Å². The first kappa shape index (κ1) is 31.8. The first-order valence-electron chi connectivity index (χ1n) is 15.7. The van der Waals surface area contributed by atoms with Crippen LogP contribution in [0, 0.1) is 16.7 Å². The van der Waals surface area contributed by atoms with E-state index < -0.39 is 11.5 Å². The summed E-state index contributed by atoms with van der Waals surface area (Å²) in [5.41, 5.74) is 0.810. The number of nitrogens with one attached hydrogen (secondary N) is 1. The molecule has 228 valence electrons. The Morgan fingerprint density at radius 2 is 1.61 bits per heavy atom. The van der Waals surface area contributed by atoms with Gasteiger partial charge < -0.3 is 20.0 Å². The predicted octanol–water partition coefficient (Wildman–Crippen LogP) is 5.32. The van der Waals surface area contributed by atoms with Crippen molar-refractivity contribution in [2.75, 3.05) is 32.7 Å². The van der Waals surface area contributed by atoms with Crippen LogP contribution in [0.5, 0.6) is 0 Å². The van der Waals surface area contributed by atoms with Crippen molar-refractivity contribution >= 4 is 29.3 Å². The van der Waals surface area contributed by atoms with Crippen LogP contribution in [-0.2, 0) is 14.4 Å². The predicted molar refractivity (Wildman–Crippen MR) is 165 cm³/mol. The molecule has 0 unspecified atom stereocenters. The fraction of sp³-hybridized carbons (Fsp3) is 0.727. The molecule has 1 N–H and O–H groups in total. The van der Waals surface area contributed by atoms with Gasteiger partial charge in [0, 0.05) is 55.1 Å². The normalized spacial score (nSPS) is 26.7. The minimum atomic E-state index is -0.561. The van der Waals surface area contributed by atoms with Crippen LogP contribution in [0.4, 0.5) is 0 Å². The Bertz CT molecular complexity index is 1080. The van der Waals surface area contributed by atoms with E-state index in [2.05, 4.69) is 24.1 Å². The number of carbonyl (C=O) groups excluding carboxylic acids is 3. The molecule has 1 aromatic carbocycles. The molecular formula is C33H51ClN4O3. The molecule has 4 atom stereocenters. The third-order valence-electron chi connectivity index (χ3n) is 9.72. The second kappa shape index (κ2) is 12.6. The van der Waals surface area contributed by atoms with Crippen LogP contribution in [0.25, 0.3) is 0 Å². The Morgan fingerprint density at radius 3 is 2.17 bits per heavy atom. The van der Waals surface area contributed by atoms with Crippen LogP contribution in [0.2, 0.25) is 5.02 Å². The standard InChI is InChI=1S/C33H51ClN4O3/c1-8-36(9-2)30(40)28-18-25(38(31(41)32(3,4)5)24-14-16-33(6,7)17-15-24)21-37(28)29(39)27-20-35-19-26(27)22-10-12-23(34)13-11-22/h10-13,24-28,35H,8-9,14-21H2,1-7H3/t25-,26-,27+,28-/m0/s1. The van der Waals surface area contributed by atoms with Crippen molar-refractivity contribution < 1.29 is 14.4 Å². The molecule has 3 aliphatic rings. The molecule has 2 saturated heterocycles. The highest BCUT2D eigenvalue weighted by atomic mass is 35.5. The molecule has 0 radical (unpaired) electrons. The third-order valence-corrected chi connectivity index (χ3v) is 9.98. The van der Waals surface area contributed by atoms with Crippen LogP contribution < -0.4 is 5.32 Å². The molecule has 3 amide bonds. The summed E-state index contributed by atoms with van der Waals surface area (Å²) in [6, 6.07) is 7.14. The summed E-state index contributed by atoms with van der Waals surface area (Å²) in [7, 11) is 0. The largest absolute Gasteiger partial charge is 0.341 e. The van der Waals surface area contributed by atoms with Crippen molar-refractivity contribution in [3.05, 3.63) is 34.9 Å². The van der Waals surface area contributed by atoms with Crippen molar-refractivity contribution in [1.82, 2.24) is 20.0 Å². The Balaban J connectivity index is 1.66. The van der Waals surface area contributed by atoms with Gasteiger partial charge in [0.2, 0.25) is 17.7 Å². The second-order valence-electron chi connectivity index (χ2n) is 14.2. The fourth-order valence-corrected chi connectivity index (χ4v) is 7.26. The number of halogens is 1. The van der Waals surface area contributed by atoms with Gasteiger partial charge in [0.25, 0.3) is 0 Å². The number of amides is 3. The Morgan fingerprint density at radius 1 is 1.00 bits per heavy atom. The molecular weight excluding hydrogens is 536 g/mol. The monoisotopic (exact) mass is 586 g/mol. The van der Waals surface area contributed by atoms with Gasteiger partial charge in [-0.05, 0) is 69.1 Å². The molecule has 1 aromatic rings. The van der Waals surface area contributed by atoms with Gasteiger partial charge in [-0.25, -0.2) is 0 Å². The number of likely N-dealkylation sites (N-methyl/N-ethyl adjacent to an activating group) is 1. The van der Waals surface area contributed by atoms with E-state index in [9.17, 15) is 14.4 Å². The van der Waals surface area contributed by atoms with Crippen LogP contribution in [0.1, 0.15) is 92.1 Å². The molecule has 2 aliphatic heterocycles. The Kier molecular flexibility index (Phi) is 9.80. The van der Waals surface area contributed by atoms with E-state index in [0.717, 1.165) is 31.2 Å². The number of likely N-dealkylation sites (tertiary alicyclic amines) is 1. The molecule has 0 aromatic heterocycles. The van der Waals surface area contributed by atoms with Gasteiger partial charge in [0.1, 0.15) is 6.04 Å². The lowest BCUT2D eigenvalue weighted by atomic mass is 9.74. The van der Waals surface area contributed by atoms with Gasteiger partial charge in [-0.1, -0.05) is 58.4 Å². The SMILES string of the molecule is CCN(CC)C(=O)[C@@H]1C[C@H](N(C(=O)C(C)(C)C)C2CCC(C)(C)CC2)CN1C(=O)[C@@H]1CNC[C@H]1c1ccc(Cl)cc1. The minimum absolute atomic E-state index is 0.00668. The van der Waals surface area contributed by atoms with Crippen LogP contribution in [0.3, 0.4) is 0 Å². The number of nitrogens with zero attached hydrogens (tertiary/aromatic N) is 3. The van der Waals surface area contributed by atoms with E-state index in [1.807, 2.05) is 68.7 Å². The maximum Gasteiger partial charge on any atom is 0.245 e. The quantitative estimate of drug-likeness (QED) is 0.469. The summed E-state index contributed by atoms with van der Waals surface area (Å²) in [6.45, 7) is 17.4. The van der Waals surface area contributed by atoms with Gasteiger partial charge in [0.05, 0.1) is 12.0 Å². The van der Waals surface area contributed by atoms with Crippen LogP contribution >= 0.6 is 11.6 Å². The number of benzene rings is 1. The van der Waals surface area contributed by atoms with Gasteiger partial charge in [-0.3, -0.25) is 14.4 Å². The molecule has 0 spiro atoms. The molecule has 1 aliphatic carbocycles. The molecule has 0 bridgehead atoms. The Hall–Kier alpha value is -2.12. The molecule has 7 nitrogen and oxygen atoms in total. The van der Waals surface area contributed by atoms with Crippen molar-refractivity contribution in [2.24, 2.45) is 16.7 Å². The average molecular weight is 587 g/mol. The summed E-state index contributed by atoms with van der Waals surface area (Å²) in [5.74, 6) is -0.138. The molecule has 8 heteroatoms. The second-order valence-corrected chi connectivity index (χ2v) is 14.6. The summed E-state index contributed by atoms with van der Waals surface area (Å²) in [4.78, 5) is 48.1. The van der Waals surface area contributed by atoms with E-state index >= 15 is 0 Å². The van der Waals surface area contributed by atoms with Crippen LogP contribution in [-0.4, -0.2) is 83.3 Å². The summed E-state index contributed by atoms with van der Waals surface area (Å²) in [5, 5.41) is 4.09. The average Bonchev–Trinajstić information content (AvgIpc) is 3.58. The maximum absolute atomic E-state index is 14.4. The maximum atomic E-state index is 14.4. The van der Waals surface area contributed by atoms with Crippen molar-refractivity contribution in [2.45, 2.75) is 105 Å². The highest BCUT2D eigenvalue weighted by molar-refractivity contribution is 6.30. The number of carbonyl (C=O) groups is 3. The zero-order valence-electron chi connectivity index (χ0n) is 26.2. The third kappa shape index (κ3) is 6.93. The van der Waals surface area contributed by atoms with Crippen LogP contribution in [0.15, 0.2) is 24.3 Å². The van der Waals surface area contributed by atoms with E-state index in [-0.39, 0.29) is 47.1 Å². The van der Waals surface area contributed by atoms with Gasteiger partial charge in [-0.15, -0.1) is 0 Å². The number of hydrogen-bond donors (Lipinski definition) is 1. The number of rotatable bonds is 7. The summed E-state index contributed by atoms with van der Waals surface area (Å²) < 4.78 is 0. The highest BCUT2D eigenvalue weighted by Gasteiger charge is 2.50. The van der Waals surface area contributed by atoms with Gasteiger partial charge >= 0.3 is 0 Å². The zero-order valence-corrected chi connectivity index (χ0v) is 27.0. The number of hydrogen-bond acceptors (Lipinski definition) is 4. The first-order valence-corrected chi connectivity index (χ1v) is 16.0. The van der Waals surface area contributed by atoms with Gasteiger partial charge in [-0.2, -0.15) is 0 Å². The topological polar surface area (TPSA) is 73.0 Å². The highest BCUT2D eigenvalue weighted by Crippen LogP contribution is 2.41. The lowest BCUT2D eigenvalue weighted by Crippen LogP contribution is -2.54. The van der Waals surface area contributed by atoms with E-state index in [0.29, 0.717) is 44.2 Å². The van der Waals surface area contributed by atoms with E-state index in [1.165, 1.54) is 0 Å². The smallest absolute Gasteiger partial charge is 0.245 e. The minimum Gasteiger partial charge on any atom is -0.341 e. The van der Waals surface area contributed by atoms with Crippen molar-refractivity contribution in [1.29, 1.82) is 0 Å².